The summed E-state index contributed by atoms with van der Waals surface area (Å²) in [5.74, 6) is 0.271. The van der Waals surface area contributed by atoms with Crippen molar-refractivity contribution in [2.24, 2.45) is 5.92 Å². The fourth-order valence-corrected chi connectivity index (χ4v) is 1.19. The molecular formula is C11H15NO. The first-order valence-electron chi connectivity index (χ1n) is 4.45. The molecule has 2 N–H and O–H groups in total. The fourth-order valence-electron chi connectivity index (χ4n) is 1.19. The van der Waals surface area contributed by atoms with Crippen molar-refractivity contribution in [2.45, 2.75) is 20.3 Å². The van der Waals surface area contributed by atoms with E-state index in [4.69, 9.17) is 5.73 Å². The highest BCUT2D eigenvalue weighted by molar-refractivity contribution is 5.78. The molecule has 0 saturated carbocycles. The van der Waals surface area contributed by atoms with E-state index < -0.39 is 0 Å². The molecule has 0 heterocycles. The van der Waals surface area contributed by atoms with Crippen LogP contribution in [0.4, 0.5) is 5.69 Å². The lowest BCUT2D eigenvalue weighted by Crippen LogP contribution is -2.10. The van der Waals surface area contributed by atoms with Gasteiger partial charge in [-0.2, -0.15) is 0 Å². The Morgan fingerprint density at radius 1 is 1.46 bits per heavy atom. The minimum absolute atomic E-state index is 0.0599. The zero-order chi connectivity index (χ0) is 9.84. The van der Waals surface area contributed by atoms with Crippen molar-refractivity contribution in [3.63, 3.8) is 0 Å². The molecular weight excluding hydrogens is 162 g/mol. The number of para-hydroxylation sites is 1. The Bertz CT molecular complexity index is 307. The molecule has 1 atom stereocenters. The zero-order valence-corrected chi connectivity index (χ0v) is 8.08. The molecule has 0 aliphatic heterocycles. The number of carbonyl (C=O) groups is 1. The van der Waals surface area contributed by atoms with Gasteiger partial charge in [-0.25, -0.2) is 0 Å². The van der Waals surface area contributed by atoms with Crippen LogP contribution in [0.1, 0.15) is 19.4 Å². The monoisotopic (exact) mass is 177 g/mol. The highest BCUT2D eigenvalue weighted by Gasteiger charge is 2.09. The first-order valence-corrected chi connectivity index (χ1v) is 4.45. The zero-order valence-electron chi connectivity index (χ0n) is 8.08. The van der Waals surface area contributed by atoms with Crippen LogP contribution in [-0.2, 0) is 11.2 Å². The molecule has 0 bridgehead atoms. The minimum atomic E-state index is 0.0599. The summed E-state index contributed by atoms with van der Waals surface area (Å²) in [6.45, 7) is 3.54. The van der Waals surface area contributed by atoms with Crippen LogP contribution in [0, 0.1) is 5.92 Å². The van der Waals surface area contributed by atoms with Crippen LogP contribution in [-0.4, -0.2) is 5.78 Å². The van der Waals surface area contributed by atoms with Gasteiger partial charge in [0.2, 0.25) is 0 Å². The Labute approximate surface area is 78.8 Å². The first-order chi connectivity index (χ1) is 6.11. The van der Waals surface area contributed by atoms with Crippen LogP contribution in [0.15, 0.2) is 24.3 Å². The van der Waals surface area contributed by atoms with E-state index in [-0.39, 0.29) is 11.7 Å². The maximum absolute atomic E-state index is 11.0. The summed E-state index contributed by atoms with van der Waals surface area (Å²) in [4.78, 5) is 11.0. The van der Waals surface area contributed by atoms with Crippen LogP contribution < -0.4 is 5.73 Å². The summed E-state index contributed by atoms with van der Waals surface area (Å²) in [5, 5.41) is 0. The summed E-state index contributed by atoms with van der Waals surface area (Å²) >= 11 is 0. The third-order valence-electron chi connectivity index (χ3n) is 2.28. The lowest BCUT2D eigenvalue weighted by Gasteiger charge is -2.09. The van der Waals surface area contributed by atoms with Gasteiger partial charge in [-0.05, 0) is 25.0 Å². The molecule has 0 fully saturated rings. The molecule has 0 amide bonds. The molecule has 0 aliphatic carbocycles. The third-order valence-corrected chi connectivity index (χ3v) is 2.28. The molecule has 0 radical (unpaired) electrons. The summed E-state index contributed by atoms with van der Waals surface area (Å²) in [6.07, 6.45) is 0.738. The van der Waals surface area contributed by atoms with E-state index in [1.807, 2.05) is 31.2 Å². The van der Waals surface area contributed by atoms with Crippen molar-refractivity contribution < 1.29 is 4.79 Å². The van der Waals surface area contributed by atoms with Crippen LogP contribution >= 0.6 is 0 Å². The minimum Gasteiger partial charge on any atom is -0.399 e. The van der Waals surface area contributed by atoms with Gasteiger partial charge in [0.25, 0.3) is 0 Å². The smallest absolute Gasteiger partial charge is 0.132 e. The molecule has 0 aliphatic rings. The van der Waals surface area contributed by atoms with Crippen molar-refractivity contribution in [3.8, 4) is 0 Å². The van der Waals surface area contributed by atoms with Gasteiger partial charge in [0.1, 0.15) is 5.78 Å². The largest absolute Gasteiger partial charge is 0.399 e. The van der Waals surface area contributed by atoms with Crippen LogP contribution in [0.25, 0.3) is 0 Å². The van der Waals surface area contributed by atoms with Crippen molar-refractivity contribution in [1.82, 2.24) is 0 Å². The summed E-state index contributed by atoms with van der Waals surface area (Å²) < 4.78 is 0. The lowest BCUT2D eigenvalue weighted by molar-refractivity contribution is -0.120. The Hall–Kier alpha value is -1.31. The molecule has 13 heavy (non-hydrogen) atoms. The van der Waals surface area contributed by atoms with Gasteiger partial charge >= 0.3 is 0 Å². The van der Waals surface area contributed by atoms with Gasteiger partial charge < -0.3 is 5.73 Å². The van der Waals surface area contributed by atoms with E-state index in [1.54, 1.807) is 6.92 Å². The molecule has 0 saturated heterocycles. The molecule has 2 nitrogen and oxygen atoms in total. The number of nitrogen functional groups attached to an aromatic ring is 1. The van der Waals surface area contributed by atoms with Crippen molar-refractivity contribution in [1.29, 1.82) is 0 Å². The Morgan fingerprint density at radius 2 is 2.08 bits per heavy atom. The highest BCUT2D eigenvalue weighted by Crippen LogP contribution is 2.15. The number of hydrogen-bond acceptors (Lipinski definition) is 2. The molecule has 1 aromatic rings. The number of anilines is 1. The Morgan fingerprint density at radius 3 is 2.62 bits per heavy atom. The quantitative estimate of drug-likeness (QED) is 0.718. The first kappa shape index (κ1) is 9.78. The van der Waals surface area contributed by atoms with E-state index in [9.17, 15) is 4.79 Å². The molecule has 0 aromatic heterocycles. The summed E-state index contributed by atoms with van der Waals surface area (Å²) in [6, 6.07) is 7.67. The van der Waals surface area contributed by atoms with E-state index in [2.05, 4.69) is 0 Å². The number of ketones is 1. The Balaban J connectivity index is 2.74. The molecule has 2 heteroatoms. The van der Waals surface area contributed by atoms with Crippen molar-refractivity contribution in [2.75, 3.05) is 5.73 Å². The SMILES string of the molecule is CC(=O)C(C)Cc1ccccc1N. The normalized spacial score (nSPS) is 12.5. The van der Waals surface area contributed by atoms with E-state index >= 15 is 0 Å². The van der Waals surface area contributed by atoms with E-state index in [0.29, 0.717) is 0 Å². The molecule has 1 unspecified atom stereocenters. The van der Waals surface area contributed by atoms with Gasteiger partial charge in [-0.1, -0.05) is 25.1 Å². The molecule has 0 spiro atoms. The highest BCUT2D eigenvalue weighted by atomic mass is 16.1. The van der Waals surface area contributed by atoms with Crippen LogP contribution in [0.5, 0.6) is 0 Å². The van der Waals surface area contributed by atoms with Crippen LogP contribution in [0.3, 0.4) is 0 Å². The second-order valence-corrected chi connectivity index (χ2v) is 3.41. The maximum Gasteiger partial charge on any atom is 0.132 e. The third kappa shape index (κ3) is 2.58. The predicted octanol–water partition coefficient (Wildman–Crippen LogP) is 2.04. The number of benzene rings is 1. The van der Waals surface area contributed by atoms with Crippen molar-refractivity contribution in [3.05, 3.63) is 29.8 Å². The predicted molar refractivity (Wildman–Crippen MR) is 54.4 cm³/mol. The number of rotatable bonds is 3. The standard InChI is InChI=1S/C11H15NO/c1-8(9(2)13)7-10-5-3-4-6-11(10)12/h3-6,8H,7,12H2,1-2H3. The average Bonchev–Trinajstić information content (AvgIpc) is 2.08. The van der Waals surface area contributed by atoms with Gasteiger partial charge in [0, 0.05) is 11.6 Å². The van der Waals surface area contributed by atoms with Crippen LogP contribution in [0.2, 0.25) is 0 Å². The molecule has 1 aromatic carbocycles. The maximum atomic E-state index is 11.0. The van der Waals surface area contributed by atoms with E-state index in [1.165, 1.54) is 0 Å². The lowest BCUT2D eigenvalue weighted by atomic mass is 9.97. The second-order valence-electron chi connectivity index (χ2n) is 3.41. The van der Waals surface area contributed by atoms with Gasteiger partial charge in [0.05, 0.1) is 0 Å². The number of carbonyl (C=O) groups excluding carboxylic acids is 1. The fraction of sp³-hybridized carbons (Fsp3) is 0.364. The van der Waals surface area contributed by atoms with Gasteiger partial charge in [-0.3, -0.25) is 4.79 Å². The average molecular weight is 177 g/mol. The number of Topliss-reactive ketones (excluding diaryl/α,β-unsaturated/α-hetero) is 1. The number of hydrogen-bond donors (Lipinski definition) is 1. The van der Waals surface area contributed by atoms with Gasteiger partial charge in [-0.15, -0.1) is 0 Å². The molecule has 70 valence electrons. The van der Waals surface area contributed by atoms with Gasteiger partial charge in [0.15, 0.2) is 0 Å². The van der Waals surface area contributed by atoms with E-state index in [0.717, 1.165) is 17.7 Å². The Kier molecular flexibility index (Phi) is 3.07. The number of nitrogens with two attached hydrogens (primary N) is 1. The molecule has 1 rings (SSSR count). The second kappa shape index (κ2) is 4.08. The topological polar surface area (TPSA) is 43.1 Å². The van der Waals surface area contributed by atoms with Crippen molar-refractivity contribution >= 4 is 11.5 Å². The summed E-state index contributed by atoms with van der Waals surface area (Å²) in [5.41, 5.74) is 7.59. The summed E-state index contributed by atoms with van der Waals surface area (Å²) in [7, 11) is 0.